The van der Waals surface area contributed by atoms with Crippen LogP contribution in [0.1, 0.15) is 0 Å². The number of halogens is 3. The van der Waals surface area contributed by atoms with Crippen molar-refractivity contribution in [2.45, 2.75) is 0 Å². The molecule has 2 aromatic carbocycles. The molecule has 3 aromatic rings. The molecule has 0 saturated carbocycles. The molecule has 0 spiro atoms. The van der Waals surface area contributed by atoms with Crippen LogP contribution < -0.4 is 0 Å². The van der Waals surface area contributed by atoms with Crippen LogP contribution >= 0.6 is 34.8 Å². The molecule has 0 aliphatic heterocycles. The van der Waals surface area contributed by atoms with E-state index in [1.807, 2.05) is 48.5 Å². The van der Waals surface area contributed by atoms with Crippen molar-refractivity contribution in [3.63, 3.8) is 0 Å². The minimum atomic E-state index is 0.280. The zero-order valence-corrected chi connectivity index (χ0v) is 13.0. The van der Waals surface area contributed by atoms with Crippen LogP contribution in [-0.2, 0) is 0 Å². The SMILES string of the molecule is Clc1ccccc1-c1c(Cl)nc(-c2ccccc2)nc1Cl. The van der Waals surface area contributed by atoms with Crippen LogP contribution in [0.4, 0.5) is 0 Å². The molecule has 0 aliphatic carbocycles. The largest absolute Gasteiger partial charge is 0.216 e. The highest BCUT2D eigenvalue weighted by Gasteiger charge is 2.16. The molecule has 0 radical (unpaired) electrons. The Kier molecular flexibility index (Phi) is 4.11. The monoisotopic (exact) mass is 334 g/mol. The van der Waals surface area contributed by atoms with E-state index >= 15 is 0 Å². The third kappa shape index (κ3) is 2.88. The highest BCUT2D eigenvalue weighted by atomic mass is 35.5. The maximum Gasteiger partial charge on any atom is 0.162 e. The van der Waals surface area contributed by atoms with E-state index in [1.165, 1.54) is 0 Å². The van der Waals surface area contributed by atoms with Crippen LogP contribution in [0.2, 0.25) is 15.3 Å². The lowest BCUT2D eigenvalue weighted by molar-refractivity contribution is 1.18. The van der Waals surface area contributed by atoms with Crippen LogP contribution in [0.5, 0.6) is 0 Å². The maximum atomic E-state index is 6.30. The molecule has 0 bridgehead atoms. The number of hydrogen-bond donors (Lipinski definition) is 0. The van der Waals surface area contributed by atoms with Crippen molar-refractivity contribution >= 4 is 34.8 Å². The zero-order chi connectivity index (χ0) is 14.8. The lowest BCUT2D eigenvalue weighted by atomic mass is 10.1. The summed E-state index contributed by atoms with van der Waals surface area (Å²) in [6, 6.07) is 16.8. The summed E-state index contributed by atoms with van der Waals surface area (Å²) in [5.74, 6) is 0.487. The van der Waals surface area contributed by atoms with Gasteiger partial charge in [-0.3, -0.25) is 0 Å². The molecule has 0 atom stereocenters. The Morgan fingerprint density at radius 3 is 1.86 bits per heavy atom. The average molecular weight is 336 g/mol. The second kappa shape index (κ2) is 6.02. The van der Waals surface area contributed by atoms with Crippen molar-refractivity contribution in [1.29, 1.82) is 0 Å². The van der Waals surface area contributed by atoms with E-state index in [0.29, 0.717) is 22.0 Å². The number of hydrogen-bond acceptors (Lipinski definition) is 2. The van der Waals surface area contributed by atoms with E-state index in [-0.39, 0.29) is 10.3 Å². The van der Waals surface area contributed by atoms with Gasteiger partial charge >= 0.3 is 0 Å². The lowest BCUT2D eigenvalue weighted by Crippen LogP contribution is -1.95. The van der Waals surface area contributed by atoms with Gasteiger partial charge in [-0.05, 0) is 6.07 Å². The summed E-state index contributed by atoms with van der Waals surface area (Å²) in [5.41, 5.74) is 2.12. The Morgan fingerprint density at radius 1 is 0.667 bits per heavy atom. The normalized spacial score (nSPS) is 10.6. The number of aromatic nitrogens is 2. The summed E-state index contributed by atoms with van der Waals surface area (Å²) in [6.45, 7) is 0. The first-order valence-corrected chi connectivity index (χ1v) is 7.33. The highest BCUT2D eigenvalue weighted by Crippen LogP contribution is 2.37. The van der Waals surface area contributed by atoms with E-state index in [0.717, 1.165) is 5.56 Å². The lowest BCUT2D eigenvalue weighted by Gasteiger charge is -2.10. The van der Waals surface area contributed by atoms with Gasteiger partial charge in [0.25, 0.3) is 0 Å². The number of rotatable bonds is 2. The van der Waals surface area contributed by atoms with Crippen LogP contribution in [0, 0.1) is 0 Å². The topological polar surface area (TPSA) is 25.8 Å². The number of nitrogens with zero attached hydrogens (tertiary/aromatic N) is 2. The molecule has 0 fully saturated rings. The first-order chi connectivity index (χ1) is 10.2. The van der Waals surface area contributed by atoms with Gasteiger partial charge < -0.3 is 0 Å². The van der Waals surface area contributed by atoms with Gasteiger partial charge in [0.15, 0.2) is 5.82 Å². The third-order valence-corrected chi connectivity index (χ3v) is 3.87. The Morgan fingerprint density at radius 2 is 1.24 bits per heavy atom. The molecule has 0 N–H and O–H groups in total. The van der Waals surface area contributed by atoms with Gasteiger partial charge in [-0.25, -0.2) is 9.97 Å². The van der Waals surface area contributed by atoms with Crippen molar-refractivity contribution in [3.8, 4) is 22.5 Å². The molecule has 1 heterocycles. The van der Waals surface area contributed by atoms with Crippen LogP contribution in [0.3, 0.4) is 0 Å². The van der Waals surface area contributed by atoms with E-state index in [9.17, 15) is 0 Å². The fraction of sp³-hybridized carbons (Fsp3) is 0. The van der Waals surface area contributed by atoms with Gasteiger partial charge in [-0.1, -0.05) is 83.3 Å². The van der Waals surface area contributed by atoms with Gasteiger partial charge in [-0.2, -0.15) is 0 Å². The van der Waals surface area contributed by atoms with Crippen molar-refractivity contribution in [2.75, 3.05) is 0 Å². The standard InChI is InChI=1S/C16H9Cl3N2/c17-12-9-5-4-8-11(12)13-14(18)20-16(21-15(13)19)10-6-2-1-3-7-10/h1-9H. The maximum absolute atomic E-state index is 6.30. The Labute approximate surface area is 137 Å². The smallest absolute Gasteiger partial charge is 0.162 e. The fourth-order valence-electron chi connectivity index (χ4n) is 2.01. The minimum absolute atomic E-state index is 0.280. The molecular formula is C16H9Cl3N2. The predicted octanol–water partition coefficient (Wildman–Crippen LogP) is 5.77. The van der Waals surface area contributed by atoms with Crippen molar-refractivity contribution in [1.82, 2.24) is 9.97 Å². The summed E-state index contributed by atoms with van der Waals surface area (Å²) in [5, 5.41) is 1.11. The van der Waals surface area contributed by atoms with E-state index in [4.69, 9.17) is 34.8 Å². The van der Waals surface area contributed by atoms with E-state index in [2.05, 4.69) is 9.97 Å². The molecule has 0 unspecified atom stereocenters. The Hall–Kier alpha value is -1.61. The molecule has 0 amide bonds. The Balaban J connectivity index is 2.16. The highest BCUT2D eigenvalue weighted by molar-refractivity contribution is 6.40. The molecule has 0 aliphatic rings. The van der Waals surface area contributed by atoms with Gasteiger partial charge in [0.1, 0.15) is 10.3 Å². The van der Waals surface area contributed by atoms with Crippen LogP contribution in [0.15, 0.2) is 54.6 Å². The van der Waals surface area contributed by atoms with Crippen molar-refractivity contribution in [2.24, 2.45) is 0 Å². The Bertz CT molecular complexity index is 766. The van der Waals surface area contributed by atoms with Gasteiger partial charge in [0.05, 0.1) is 5.56 Å². The van der Waals surface area contributed by atoms with Crippen LogP contribution in [0.25, 0.3) is 22.5 Å². The quantitative estimate of drug-likeness (QED) is 0.555. The van der Waals surface area contributed by atoms with Crippen molar-refractivity contribution in [3.05, 3.63) is 69.9 Å². The molecule has 1 aromatic heterocycles. The third-order valence-electron chi connectivity index (χ3n) is 3.00. The average Bonchev–Trinajstić information content (AvgIpc) is 2.49. The molecular weight excluding hydrogens is 327 g/mol. The van der Waals surface area contributed by atoms with Crippen LogP contribution in [-0.4, -0.2) is 9.97 Å². The zero-order valence-electron chi connectivity index (χ0n) is 10.7. The minimum Gasteiger partial charge on any atom is -0.216 e. The van der Waals surface area contributed by atoms with E-state index in [1.54, 1.807) is 6.07 Å². The van der Waals surface area contributed by atoms with E-state index < -0.39 is 0 Å². The molecule has 3 rings (SSSR count). The first kappa shape index (κ1) is 14.3. The molecule has 5 heteroatoms. The van der Waals surface area contributed by atoms with Gasteiger partial charge in [0, 0.05) is 16.1 Å². The van der Waals surface area contributed by atoms with Gasteiger partial charge in [-0.15, -0.1) is 0 Å². The first-order valence-electron chi connectivity index (χ1n) is 6.20. The predicted molar refractivity (Wildman–Crippen MR) is 87.9 cm³/mol. The summed E-state index contributed by atoms with van der Waals surface area (Å²) in [7, 11) is 0. The number of benzene rings is 2. The summed E-state index contributed by atoms with van der Waals surface area (Å²) < 4.78 is 0. The second-order valence-electron chi connectivity index (χ2n) is 4.35. The molecule has 104 valence electrons. The van der Waals surface area contributed by atoms with Crippen molar-refractivity contribution < 1.29 is 0 Å². The van der Waals surface area contributed by atoms with Gasteiger partial charge in [0.2, 0.25) is 0 Å². The second-order valence-corrected chi connectivity index (χ2v) is 5.47. The fourth-order valence-corrected chi connectivity index (χ4v) is 2.83. The summed E-state index contributed by atoms with van der Waals surface area (Å²) >= 11 is 18.8. The molecule has 2 nitrogen and oxygen atoms in total. The molecule has 21 heavy (non-hydrogen) atoms. The summed E-state index contributed by atoms with van der Waals surface area (Å²) in [6.07, 6.45) is 0. The summed E-state index contributed by atoms with van der Waals surface area (Å²) in [4.78, 5) is 8.67. The molecule has 0 saturated heterocycles.